The molecule has 1 rings (SSSR count). The van der Waals surface area contributed by atoms with Gasteiger partial charge in [0.15, 0.2) is 0 Å². The Morgan fingerprint density at radius 2 is 1.69 bits per heavy atom. The summed E-state index contributed by atoms with van der Waals surface area (Å²) < 4.78 is 25.6. The number of hydrogen-bond donors (Lipinski definition) is 0. The summed E-state index contributed by atoms with van der Waals surface area (Å²) in [4.78, 5) is 0. The zero-order valence-corrected chi connectivity index (χ0v) is 11.8. The highest BCUT2D eigenvalue weighted by molar-refractivity contribution is 7.89. The van der Waals surface area contributed by atoms with E-state index in [1.54, 1.807) is 18.2 Å². The fraction of sp³-hybridized carbons (Fsp3) is 1.00. The van der Waals surface area contributed by atoms with Gasteiger partial charge in [-0.2, -0.15) is 0 Å². The monoisotopic (exact) mass is 247 g/mol. The fourth-order valence-electron chi connectivity index (χ4n) is 2.33. The average molecular weight is 247 g/mol. The lowest BCUT2D eigenvalue weighted by atomic mass is 9.85. The van der Waals surface area contributed by atoms with Crippen molar-refractivity contribution in [2.24, 2.45) is 11.8 Å². The lowest BCUT2D eigenvalue weighted by Crippen LogP contribution is -2.42. The molecule has 0 aromatic heterocycles. The second-order valence-corrected chi connectivity index (χ2v) is 7.70. The van der Waals surface area contributed by atoms with E-state index in [4.69, 9.17) is 0 Å². The minimum Gasteiger partial charge on any atom is -0.212 e. The Morgan fingerprint density at radius 1 is 1.19 bits per heavy atom. The van der Waals surface area contributed by atoms with Crippen LogP contribution in [0.2, 0.25) is 0 Å². The van der Waals surface area contributed by atoms with Crippen molar-refractivity contribution >= 4 is 10.0 Å². The van der Waals surface area contributed by atoms with Crippen LogP contribution in [0.3, 0.4) is 0 Å². The molecule has 0 bridgehead atoms. The number of sulfonamides is 1. The summed E-state index contributed by atoms with van der Waals surface area (Å²) in [7, 11) is -3.02. The summed E-state index contributed by atoms with van der Waals surface area (Å²) in [5.74, 6) is 1.44. The molecular weight excluding hydrogens is 222 g/mol. The highest BCUT2D eigenvalue weighted by atomic mass is 32.2. The molecule has 0 spiro atoms. The Morgan fingerprint density at radius 3 is 2.06 bits per heavy atom. The molecule has 1 heterocycles. The van der Waals surface area contributed by atoms with Crippen LogP contribution in [-0.2, 0) is 10.0 Å². The SMILES string of the molecule is CC[C@H](C)C1CCN(S(=O)(=O)C(C)C)CC1. The lowest BCUT2D eigenvalue weighted by Gasteiger charge is -2.34. The smallest absolute Gasteiger partial charge is 0.212 e. The molecule has 0 N–H and O–H groups in total. The Balaban J connectivity index is 2.56. The van der Waals surface area contributed by atoms with Crippen LogP contribution < -0.4 is 0 Å². The van der Waals surface area contributed by atoms with Gasteiger partial charge in [0.05, 0.1) is 5.25 Å². The summed E-state index contributed by atoms with van der Waals surface area (Å²) in [6.07, 6.45) is 3.25. The minimum atomic E-state index is -3.02. The third kappa shape index (κ3) is 2.98. The van der Waals surface area contributed by atoms with Gasteiger partial charge in [-0.15, -0.1) is 0 Å². The van der Waals surface area contributed by atoms with Crippen molar-refractivity contribution in [2.75, 3.05) is 13.1 Å². The van der Waals surface area contributed by atoms with Gasteiger partial charge in [-0.25, -0.2) is 12.7 Å². The molecule has 1 aliphatic rings. The quantitative estimate of drug-likeness (QED) is 0.765. The highest BCUT2D eigenvalue weighted by Gasteiger charge is 2.31. The molecule has 0 saturated carbocycles. The lowest BCUT2D eigenvalue weighted by molar-refractivity contribution is 0.212. The molecule has 0 aromatic carbocycles. The maximum Gasteiger partial charge on any atom is 0.216 e. The van der Waals surface area contributed by atoms with Crippen LogP contribution in [0.15, 0.2) is 0 Å². The van der Waals surface area contributed by atoms with Gasteiger partial charge in [-0.1, -0.05) is 20.3 Å². The minimum absolute atomic E-state index is 0.285. The van der Waals surface area contributed by atoms with Crippen LogP contribution >= 0.6 is 0 Å². The van der Waals surface area contributed by atoms with Gasteiger partial charge in [0.1, 0.15) is 0 Å². The first-order valence-corrected chi connectivity index (χ1v) is 7.88. The van der Waals surface area contributed by atoms with Crippen molar-refractivity contribution in [3.63, 3.8) is 0 Å². The molecule has 4 heteroatoms. The van der Waals surface area contributed by atoms with Crippen molar-refractivity contribution in [3.05, 3.63) is 0 Å². The van der Waals surface area contributed by atoms with Gasteiger partial charge in [0.2, 0.25) is 10.0 Å². The maximum atomic E-state index is 12.0. The van der Waals surface area contributed by atoms with Crippen LogP contribution in [0.4, 0.5) is 0 Å². The molecule has 1 saturated heterocycles. The molecule has 1 aliphatic heterocycles. The van der Waals surface area contributed by atoms with Crippen LogP contribution in [0, 0.1) is 11.8 Å². The van der Waals surface area contributed by atoms with E-state index in [2.05, 4.69) is 13.8 Å². The molecule has 16 heavy (non-hydrogen) atoms. The number of nitrogens with zero attached hydrogens (tertiary/aromatic N) is 1. The van der Waals surface area contributed by atoms with Crippen molar-refractivity contribution in [1.82, 2.24) is 4.31 Å². The van der Waals surface area contributed by atoms with Gasteiger partial charge in [0, 0.05) is 13.1 Å². The molecule has 1 fully saturated rings. The van der Waals surface area contributed by atoms with E-state index in [0.717, 1.165) is 31.8 Å². The predicted molar refractivity (Wildman–Crippen MR) is 67.8 cm³/mol. The normalized spacial score (nSPS) is 22.6. The number of hydrogen-bond acceptors (Lipinski definition) is 2. The van der Waals surface area contributed by atoms with Gasteiger partial charge in [-0.3, -0.25) is 0 Å². The average Bonchev–Trinajstić information content (AvgIpc) is 2.28. The van der Waals surface area contributed by atoms with Crippen molar-refractivity contribution in [1.29, 1.82) is 0 Å². The Hall–Kier alpha value is -0.0900. The summed E-state index contributed by atoms with van der Waals surface area (Å²) in [6, 6.07) is 0. The fourth-order valence-corrected chi connectivity index (χ4v) is 3.65. The molecular formula is C12H25NO2S. The second kappa shape index (κ2) is 5.50. The molecule has 0 radical (unpaired) electrons. The zero-order valence-electron chi connectivity index (χ0n) is 10.9. The van der Waals surface area contributed by atoms with Crippen molar-refractivity contribution in [3.8, 4) is 0 Å². The first-order chi connectivity index (χ1) is 7.39. The summed E-state index contributed by atoms with van der Waals surface area (Å²) >= 11 is 0. The van der Waals surface area contributed by atoms with Gasteiger partial charge < -0.3 is 0 Å². The summed E-state index contributed by atoms with van der Waals surface area (Å²) in [5, 5.41) is -0.285. The molecule has 3 nitrogen and oxygen atoms in total. The topological polar surface area (TPSA) is 37.4 Å². The van der Waals surface area contributed by atoms with Crippen molar-refractivity contribution in [2.45, 2.75) is 52.2 Å². The van der Waals surface area contributed by atoms with Crippen LogP contribution in [-0.4, -0.2) is 31.1 Å². The highest BCUT2D eigenvalue weighted by Crippen LogP contribution is 2.28. The Bertz CT molecular complexity index is 303. The Labute approximate surface area is 100 Å². The number of rotatable bonds is 4. The zero-order chi connectivity index (χ0) is 12.3. The van der Waals surface area contributed by atoms with E-state index in [1.165, 1.54) is 6.42 Å². The first-order valence-electron chi connectivity index (χ1n) is 6.38. The first kappa shape index (κ1) is 14.0. The maximum absolute atomic E-state index is 12.0. The van der Waals surface area contributed by atoms with E-state index in [1.807, 2.05) is 0 Å². The van der Waals surface area contributed by atoms with E-state index in [-0.39, 0.29) is 5.25 Å². The van der Waals surface area contributed by atoms with Crippen LogP contribution in [0.25, 0.3) is 0 Å². The molecule has 96 valence electrons. The third-order valence-electron chi connectivity index (χ3n) is 3.90. The van der Waals surface area contributed by atoms with E-state index >= 15 is 0 Å². The second-order valence-electron chi connectivity index (χ2n) is 5.22. The van der Waals surface area contributed by atoms with Gasteiger partial charge >= 0.3 is 0 Å². The largest absolute Gasteiger partial charge is 0.216 e. The predicted octanol–water partition coefficient (Wildman–Crippen LogP) is 2.48. The van der Waals surface area contributed by atoms with Crippen LogP contribution in [0.5, 0.6) is 0 Å². The molecule has 0 unspecified atom stereocenters. The molecule has 0 amide bonds. The summed E-state index contributed by atoms with van der Waals surface area (Å²) in [5.41, 5.74) is 0. The third-order valence-corrected chi connectivity index (χ3v) is 6.18. The Kier molecular flexibility index (Phi) is 4.80. The summed E-state index contributed by atoms with van der Waals surface area (Å²) in [6.45, 7) is 9.44. The van der Waals surface area contributed by atoms with Gasteiger partial charge in [0.25, 0.3) is 0 Å². The molecule has 0 aromatic rings. The van der Waals surface area contributed by atoms with Gasteiger partial charge in [-0.05, 0) is 38.5 Å². The van der Waals surface area contributed by atoms with Crippen LogP contribution in [0.1, 0.15) is 47.0 Å². The van der Waals surface area contributed by atoms with E-state index < -0.39 is 10.0 Å². The molecule has 1 atom stereocenters. The van der Waals surface area contributed by atoms with Crippen molar-refractivity contribution < 1.29 is 8.42 Å². The number of piperidine rings is 1. The van der Waals surface area contributed by atoms with E-state index in [0.29, 0.717) is 5.92 Å². The molecule has 0 aliphatic carbocycles. The standard InChI is InChI=1S/C12H25NO2S/c1-5-11(4)12-6-8-13(9-7-12)16(14,15)10(2)3/h10-12H,5-9H2,1-4H3/t11-/m0/s1. The van der Waals surface area contributed by atoms with E-state index in [9.17, 15) is 8.42 Å².